The van der Waals surface area contributed by atoms with Crippen LogP contribution >= 0.6 is 15.9 Å². The second kappa shape index (κ2) is 8.33. The van der Waals surface area contributed by atoms with Crippen molar-refractivity contribution in [3.63, 3.8) is 0 Å². The van der Waals surface area contributed by atoms with Crippen LogP contribution in [0.25, 0.3) is 16.5 Å². The SMILES string of the molecule is CCCN1CC=C(c2c[nH]c3ccc(NC(=O)c4cccc(Br)c4)cc23)CC1. The highest BCUT2D eigenvalue weighted by atomic mass is 79.9. The highest BCUT2D eigenvalue weighted by Crippen LogP contribution is 2.31. The number of halogens is 1. The number of aromatic amines is 1. The van der Waals surface area contributed by atoms with Gasteiger partial charge in [-0.3, -0.25) is 9.69 Å². The Labute approximate surface area is 173 Å². The summed E-state index contributed by atoms with van der Waals surface area (Å²) in [6.45, 7) is 5.49. The first kappa shape index (κ1) is 19.0. The number of rotatable bonds is 5. The number of hydrogen-bond donors (Lipinski definition) is 2. The van der Waals surface area contributed by atoms with Crippen molar-refractivity contribution in [2.24, 2.45) is 0 Å². The van der Waals surface area contributed by atoms with Gasteiger partial charge in [0.25, 0.3) is 5.91 Å². The number of carbonyl (C=O) groups excluding carboxylic acids is 1. The number of carbonyl (C=O) groups is 1. The quantitative estimate of drug-likeness (QED) is 0.538. The fraction of sp³-hybridized carbons (Fsp3) is 0.261. The van der Waals surface area contributed by atoms with E-state index in [1.54, 1.807) is 0 Å². The van der Waals surface area contributed by atoms with Crippen molar-refractivity contribution in [2.75, 3.05) is 25.0 Å². The Kier molecular flexibility index (Phi) is 5.64. The number of H-pyrrole nitrogens is 1. The van der Waals surface area contributed by atoms with E-state index < -0.39 is 0 Å². The van der Waals surface area contributed by atoms with Gasteiger partial charge in [-0.1, -0.05) is 35.0 Å². The van der Waals surface area contributed by atoms with Crippen LogP contribution in [0, 0.1) is 0 Å². The zero-order chi connectivity index (χ0) is 19.5. The Morgan fingerprint density at radius 1 is 1.25 bits per heavy atom. The number of fused-ring (bicyclic) bond motifs is 1. The molecule has 3 aromatic rings. The number of hydrogen-bond acceptors (Lipinski definition) is 2. The van der Waals surface area contributed by atoms with Crippen LogP contribution in [0.1, 0.15) is 35.7 Å². The normalized spacial score (nSPS) is 14.9. The van der Waals surface area contributed by atoms with Gasteiger partial charge < -0.3 is 10.3 Å². The number of benzene rings is 2. The van der Waals surface area contributed by atoms with Crippen LogP contribution in [-0.2, 0) is 0 Å². The minimum Gasteiger partial charge on any atom is -0.361 e. The van der Waals surface area contributed by atoms with Crippen molar-refractivity contribution in [3.05, 3.63) is 70.3 Å². The van der Waals surface area contributed by atoms with E-state index in [1.807, 2.05) is 36.4 Å². The van der Waals surface area contributed by atoms with Gasteiger partial charge in [0.15, 0.2) is 0 Å². The summed E-state index contributed by atoms with van der Waals surface area (Å²) in [5.41, 5.74) is 5.16. The molecule has 2 N–H and O–H groups in total. The second-order valence-electron chi connectivity index (χ2n) is 7.21. The summed E-state index contributed by atoms with van der Waals surface area (Å²) in [6, 6.07) is 13.5. The highest BCUT2D eigenvalue weighted by Gasteiger charge is 2.16. The summed E-state index contributed by atoms with van der Waals surface area (Å²) >= 11 is 3.42. The zero-order valence-electron chi connectivity index (χ0n) is 16.0. The van der Waals surface area contributed by atoms with Crippen LogP contribution < -0.4 is 5.32 Å². The maximum absolute atomic E-state index is 12.6. The number of nitrogens with zero attached hydrogens (tertiary/aromatic N) is 1. The molecule has 1 aromatic heterocycles. The molecule has 1 aliphatic rings. The molecule has 0 saturated heterocycles. The van der Waals surface area contributed by atoms with E-state index in [0.717, 1.165) is 47.1 Å². The van der Waals surface area contributed by atoms with Crippen LogP contribution in [0.5, 0.6) is 0 Å². The van der Waals surface area contributed by atoms with E-state index in [9.17, 15) is 4.79 Å². The topological polar surface area (TPSA) is 48.1 Å². The Morgan fingerprint density at radius 3 is 2.89 bits per heavy atom. The minimum absolute atomic E-state index is 0.107. The molecule has 0 aliphatic carbocycles. The molecule has 5 heteroatoms. The Hall–Kier alpha value is -2.37. The molecule has 0 unspecified atom stereocenters. The molecular formula is C23H24BrN3O. The molecular weight excluding hydrogens is 414 g/mol. The molecule has 144 valence electrons. The second-order valence-corrected chi connectivity index (χ2v) is 8.12. The fourth-order valence-electron chi connectivity index (χ4n) is 3.77. The van der Waals surface area contributed by atoms with E-state index in [0.29, 0.717) is 5.56 Å². The molecule has 0 bridgehead atoms. The summed E-state index contributed by atoms with van der Waals surface area (Å²) in [4.78, 5) is 18.4. The van der Waals surface area contributed by atoms with E-state index >= 15 is 0 Å². The van der Waals surface area contributed by atoms with Crippen LogP contribution in [-0.4, -0.2) is 35.4 Å². The number of nitrogens with one attached hydrogen (secondary N) is 2. The zero-order valence-corrected chi connectivity index (χ0v) is 17.6. The summed E-state index contributed by atoms with van der Waals surface area (Å²) in [7, 11) is 0. The predicted molar refractivity (Wildman–Crippen MR) is 120 cm³/mol. The summed E-state index contributed by atoms with van der Waals surface area (Å²) in [6.07, 6.45) is 6.68. The smallest absolute Gasteiger partial charge is 0.255 e. The van der Waals surface area contributed by atoms with Crippen molar-refractivity contribution < 1.29 is 4.79 Å². The maximum atomic E-state index is 12.6. The largest absolute Gasteiger partial charge is 0.361 e. The average Bonchev–Trinajstić information content (AvgIpc) is 3.12. The van der Waals surface area contributed by atoms with Crippen LogP contribution in [0.2, 0.25) is 0 Å². The van der Waals surface area contributed by atoms with E-state index in [4.69, 9.17) is 0 Å². The standard InChI is InChI=1S/C23H24BrN3O/c1-2-10-27-11-8-16(9-12-27)21-15-25-22-7-6-19(14-20(21)22)26-23(28)17-4-3-5-18(24)13-17/h3-8,13-15,25H,2,9-12H2,1H3,(H,26,28). The molecule has 4 nitrogen and oxygen atoms in total. The van der Waals surface area contributed by atoms with Crippen molar-refractivity contribution in [1.29, 1.82) is 0 Å². The number of amides is 1. The maximum Gasteiger partial charge on any atom is 0.255 e. The molecule has 2 aromatic carbocycles. The first-order valence-electron chi connectivity index (χ1n) is 9.74. The molecule has 28 heavy (non-hydrogen) atoms. The van der Waals surface area contributed by atoms with Gasteiger partial charge in [-0.25, -0.2) is 0 Å². The summed E-state index contributed by atoms with van der Waals surface area (Å²) in [5.74, 6) is -0.107. The van der Waals surface area contributed by atoms with Gasteiger partial charge in [-0.2, -0.15) is 0 Å². The van der Waals surface area contributed by atoms with Crippen LogP contribution in [0.15, 0.2) is 59.2 Å². The highest BCUT2D eigenvalue weighted by molar-refractivity contribution is 9.10. The lowest BCUT2D eigenvalue weighted by molar-refractivity contribution is 0.102. The van der Waals surface area contributed by atoms with E-state index in [-0.39, 0.29) is 5.91 Å². The Bertz CT molecular complexity index is 1040. The summed E-state index contributed by atoms with van der Waals surface area (Å²) in [5, 5.41) is 4.17. The van der Waals surface area contributed by atoms with Gasteiger partial charge in [0.2, 0.25) is 0 Å². The summed E-state index contributed by atoms with van der Waals surface area (Å²) < 4.78 is 0.893. The number of aromatic nitrogens is 1. The Balaban J connectivity index is 1.57. The molecule has 0 atom stereocenters. The average molecular weight is 438 g/mol. The third kappa shape index (κ3) is 4.05. The van der Waals surface area contributed by atoms with E-state index in [2.05, 4.69) is 56.4 Å². The fourth-order valence-corrected chi connectivity index (χ4v) is 4.17. The molecule has 1 aliphatic heterocycles. The third-order valence-corrected chi connectivity index (χ3v) is 5.70. The first-order valence-corrected chi connectivity index (χ1v) is 10.5. The van der Waals surface area contributed by atoms with Crippen molar-refractivity contribution >= 4 is 44.0 Å². The third-order valence-electron chi connectivity index (χ3n) is 5.21. The van der Waals surface area contributed by atoms with Crippen LogP contribution in [0.4, 0.5) is 5.69 Å². The molecule has 0 spiro atoms. The first-order chi connectivity index (χ1) is 13.6. The minimum atomic E-state index is -0.107. The van der Waals surface area contributed by atoms with Crippen molar-refractivity contribution in [2.45, 2.75) is 19.8 Å². The molecule has 0 saturated carbocycles. The van der Waals surface area contributed by atoms with Crippen molar-refractivity contribution in [3.8, 4) is 0 Å². The molecule has 2 heterocycles. The van der Waals surface area contributed by atoms with Gasteiger partial charge in [-0.15, -0.1) is 0 Å². The lowest BCUT2D eigenvalue weighted by Crippen LogP contribution is -2.29. The van der Waals surface area contributed by atoms with Gasteiger partial charge >= 0.3 is 0 Å². The lowest BCUT2D eigenvalue weighted by Gasteiger charge is -2.25. The number of anilines is 1. The van der Waals surface area contributed by atoms with E-state index in [1.165, 1.54) is 17.6 Å². The van der Waals surface area contributed by atoms with Gasteiger partial charge in [0.1, 0.15) is 0 Å². The van der Waals surface area contributed by atoms with Gasteiger partial charge in [0.05, 0.1) is 0 Å². The van der Waals surface area contributed by atoms with Gasteiger partial charge in [0, 0.05) is 51.5 Å². The predicted octanol–water partition coefficient (Wildman–Crippen LogP) is 5.68. The van der Waals surface area contributed by atoms with Gasteiger partial charge in [-0.05, 0) is 61.4 Å². The molecule has 0 fully saturated rings. The molecule has 4 rings (SSSR count). The Morgan fingerprint density at radius 2 is 2.14 bits per heavy atom. The van der Waals surface area contributed by atoms with Crippen LogP contribution in [0.3, 0.4) is 0 Å². The molecule has 0 radical (unpaired) electrons. The monoisotopic (exact) mass is 437 g/mol. The van der Waals surface area contributed by atoms with Crippen molar-refractivity contribution in [1.82, 2.24) is 9.88 Å². The molecule has 1 amide bonds. The lowest BCUT2D eigenvalue weighted by atomic mass is 9.98.